The molecular formula is C11H12BrF2N. The van der Waals surface area contributed by atoms with E-state index in [9.17, 15) is 8.78 Å². The van der Waals surface area contributed by atoms with Crippen molar-refractivity contribution < 1.29 is 8.78 Å². The Balaban J connectivity index is 2.38. The van der Waals surface area contributed by atoms with Crippen LogP contribution in [0.15, 0.2) is 16.6 Å². The quantitative estimate of drug-likeness (QED) is 0.834. The van der Waals surface area contributed by atoms with Gasteiger partial charge in [-0.3, -0.25) is 0 Å². The SMILES string of the molecule is CNC(c1ccc(F)c(F)c1Br)C1CC1. The van der Waals surface area contributed by atoms with Crippen molar-refractivity contribution in [2.75, 3.05) is 7.05 Å². The van der Waals surface area contributed by atoms with E-state index in [4.69, 9.17) is 0 Å². The van der Waals surface area contributed by atoms with Crippen LogP contribution in [0.5, 0.6) is 0 Å². The average molecular weight is 276 g/mol. The molecule has 82 valence electrons. The summed E-state index contributed by atoms with van der Waals surface area (Å²) >= 11 is 3.11. The highest BCUT2D eigenvalue weighted by Crippen LogP contribution is 2.43. The van der Waals surface area contributed by atoms with E-state index >= 15 is 0 Å². The van der Waals surface area contributed by atoms with Crippen LogP contribution < -0.4 is 5.32 Å². The van der Waals surface area contributed by atoms with E-state index in [-0.39, 0.29) is 10.5 Å². The Kier molecular flexibility index (Phi) is 3.07. The third-order valence-corrected chi connectivity index (χ3v) is 3.61. The fourth-order valence-electron chi connectivity index (χ4n) is 1.86. The number of nitrogens with one attached hydrogen (secondary N) is 1. The molecule has 2 rings (SSSR count). The molecule has 0 radical (unpaired) electrons. The van der Waals surface area contributed by atoms with Crippen LogP contribution in [0.3, 0.4) is 0 Å². The molecule has 1 fully saturated rings. The van der Waals surface area contributed by atoms with Gasteiger partial charge in [0.25, 0.3) is 0 Å². The Morgan fingerprint density at radius 3 is 2.60 bits per heavy atom. The lowest BCUT2D eigenvalue weighted by Crippen LogP contribution is -2.19. The fourth-order valence-corrected chi connectivity index (χ4v) is 2.42. The second kappa shape index (κ2) is 4.18. The second-order valence-electron chi connectivity index (χ2n) is 3.87. The molecule has 0 saturated heterocycles. The number of benzene rings is 1. The van der Waals surface area contributed by atoms with Gasteiger partial charge in [0, 0.05) is 6.04 Å². The van der Waals surface area contributed by atoms with Crippen LogP contribution in [0.1, 0.15) is 24.4 Å². The van der Waals surface area contributed by atoms with E-state index in [1.54, 1.807) is 6.07 Å². The largest absolute Gasteiger partial charge is 0.313 e. The summed E-state index contributed by atoms with van der Waals surface area (Å²) in [5.41, 5.74) is 0.805. The number of hydrogen-bond donors (Lipinski definition) is 1. The van der Waals surface area contributed by atoms with Crippen LogP contribution >= 0.6 is 15.9 Å². The molecule has 0 heterocycles. The van der Waals surface area contributed by atoms with Crippen LogP contribution in [-0.4, -0.2) is 7.05 Å². The molecular weight excluding hydrogens is 264 g/mol. The summed E-state index contributed by atoms with van der Waals surface area (Å²) in [5.74, 6) is -1.05. The Morgan fingerprint density at radius 1 is 1.40 bits per heavy atom. The van der Waals surface area contributed by atoms with E-state index in [0.29, 0.717) is 5.92 Å². The van der Waals surface area contributed by atoms with Crippen molar-refractivity contribution in [2.45, 2.75) is 18.9 Å². The molecule has 1 aromatic rings. The van der Waals surface area contributed by atoms with Crippen molar-refractivity contribution in [1.82, 2.24) is 5.32 Å². The van der Waals surface area contributed by atoms with E-state index in [0.717, 1.165) is 18.4 Å². The van der Waals surface area contributed by atoms with Gasteiger partial charge in [0.05, 0.1) is 4.47 Å². The Bertz CT molecular complexity index is 377. The Morgan fingerprint density at radius 2 is 2.07 bits per heavy atom. The zero-order valence-corrected chi connectivity index (χ0v) is 9.94. The van der Waals surface area contributed by atoms with Crippen LogP contribution in [0.2, 0.25) is 0 Å². The van der Waals surface area contributed by atoms with Gasteiger partial charge >= 0.3 is 0 Å². The van der Waals surface area contributed by atoms with Crippen LogP contribution in [-0.2, 0) is 0 Å². The predicted molar refractivity (Wildman–Crippen MR) is 58.6 cm³/mol. The standard InChI is InChI=1S/C11H12BrF2N/c1-15-11(6-2-3-6)7-4-5-8(13)10(14)9(7)12/h4-6,11,15H,2-3H2,1H3. The lowest BCUT2D eigenvalue weighted by atomic mass is 10.0. The molecule has 0 amide bonds. The van der Waals surface area contributed by atoms with E-state index < -0.39 is 11.6 Å². The molecule has 1 aromatic carbocycles. The molecule has 1 atom stereocenters. The maximum absolute atomic E-state index is 13.3. The first-order valence-corrected chi connectivity index (χ1v) is 5.75. The van der Waals surface area contributed by atoms with Crippen LogP contribution in [0.25, 0.3) is 0 Å². The molecule has 15 heavy (non-hydrogen) atoms. The summed E-state index contributed by atoms with van der Waals surface area (Å²) in [4.78, 5) is 0. The minimum Gasteiger partial charge on any atom is -0.313 e. The highest BCUT2D eigenvalue weighted by Gasteiger charge is 2.33. The normalized spacial score (nSPS) is 17.9. The molecule has 4 heteroatoms. The van der Waals surface area contributed by atoms with Gasteiger partial charge in [-0.15, -0.1) is 0 Å². The van der Waals surface area contributed by atoms with Gasteiger partial charge in [0.2, 0.25) is 0 Å². The maximum atomic E-state index is 13.3. The van der Waals surface area contributed by atoms with Crippen molar-refractivity contribution in [3.8, 4) is 0 Å². The van der Waals surface area contributed by atoms with Gasteiger partial charge in [-0.1, -0.05) is 6.07 Å². The molecule has 0 bridgehead atoms. The average Bonchev–Trinajstić information content (AvgIpc) is 3.03. The third kappa shape index (κ3) is 2.06. The summed E-state index contributed by atoms with van der Waals surface area (Å²) < 4.78 is 26.5. The zero-order valence-electron chi connectivity index (χ0n) is 8.36. The van der Waals surface area contributed by atoms with Crippen molar-refractivity contribution in [3.63, 3.8) is 0 Å². The highest BCUT2D eigenvalue weighted by atomic mass is 79.9. The van der Waals surface area contributed by atoms with Crippen LogP contribution in [0.4, 0.5) is 8.78 Å². The smallest absolute Gasteiger partial charge is 0.173 e. The molecule has 1 saturated carbocycles. The Hall–Kier alpha value is -0.480. The first-order chi connectivity index (χ1) is 7.15. The van der Waals surface area contributed by atoms with Gasteiger partial charge in [-0.2, -0.15) is 0 Å². The monoisotopic (exact) mass is 275 g/mol. The lowest BCUT2D eigenvalue weighted by Gasteiger charge is -2.17. The molecule has 1 unspecified atom stereocenters. The molecule has 0 spiro atoms. The maximum Gasteiger partial charge on any atom is 0.173 e. The molecule has 0 aliphatic heterocycles. The van der Waals surface area contributed by atoms with E-state index in [1.807, 2.05) is 7.05 Å². The van der Waals surface area contributed by atoms with Crippen LogP contribution in [0, 0.1) is 17.6 Å². The summed E-state index contributed by atoms with van der Waals surface area (Å²) in [6.45, 7) is 0. The molecule has 1 aliphatic carbocycles. The Labute approximate surface area is 96.0 Å². The van der Waals surface area contributed by atoms with Crippen molar-refractivity contribution in [2.24, 2.45) is 5.92 Å². The number of hydrogen-bond acceptors (Lipinski definition) is 1. The molecule has 0 aromatic heterocycles. The van der Waals surface area contributed by atoms with Crippen molar-refractivity contribution >= 4 is 15.9 Å². The van der Waals surface area contributed by atoms with Gasteiger partial charge in [0.1, 0.15) is 0 Å². The van der Waals surface area contributed by atoms with Gasteiger partial charge in [-0.25, -0.2) is 8.78 Å². The minimum absolute atomic E-state index is 0.120. The zero-order chi connectivity index (χ0) is 11.0. The fraction of sp³-hybridized carbons (Fsp3) is 0.455. The number of rotatable bonds is 3. The van der Waals surface area contributed by atoms with Gasteiger partial charge < -0.3 is 5.32 Å². The minimum atomic E-state index is -0.809. The molecule has 1 N–H and O–H groups in total. The highest BCUT2D eigenvalue weighted by molar-refractivity contribution is 9.10. The van der Waals surface area contributed by atoms with E-state index in [2.05, 4.69) is 21.2 Å². The number of halogens is 3. The van der Waals surface area contributed by atoms with Crippen molar-refractivity contribution in [1.29, 1.82) is 0 Å². The first-order valence-electron chi connectivity index (χ1n) is 4.95. The van der Waals surface area contributed by atoms with Gasteiger partial charge in [-0.05, 0) is 53.4 Å². The first kappa shape index (κ1) is 11.0. The van der Waals surface area contributed by atoms with Gasteiger partial charge in [0.15, 0.2) is 11.6 Å². The predicted octanol–water partition coefficient (Wildman–Crippen LogP) is 3.40. The summed E-state index contributed by atoms with van der Waals surface area (Å²) in [6, 6.07) is 2.94. The second-order valence-corrected chi connectivity index (χ2v) is 4.66. The summed E-state index contributed by atoms with van der Waals surface area (Å²) in [6.07, 6.45) is 2.30. The summed E-state index contributed by atoms with van der Waals surface area (Å²) in [7, 11) is 1.84. The summed E-state index contributed by atoms with van der Waals surface area (Å²) in [5, 5.41) is 3.15. The third-order valence-electron chi connectivity index (χ3n) is 2.80. The van der Waals surface area contributed by atoms with Crippen molar-refractivity contribution in [3.05, 3.63) is 33.8 Å². The topological polar surface area (TPSA) is 12.0 Å². The van der Waals surface area contributed by atoms with E-state index in [1.165, 1.54) is 6.07 Å². The lowest BCUT2D eigenvalue weighted by molar-refractivity contribution is 0.485. The molecule has 1 nitrogen and oxygen atoms in total. The molecule has 1 aliphatic rings.